The minimum absolute atomic E-state index is 0.364. The second kappa shape index (κ2) is 3.69. The summed E-state index contributed by atoms with van der Waals surface area (Å²) in [7, 11) is 1.70. The van der Waals surface area contributed by atoms with Gasteiger partial charge >= 0.3 is 0 Å². The van der Waals surface area contributed by atoms with Crippen LogP contribution in [0.5, 0.6) is 0 Å². The average Bonchev–Trinajstić information content (AvgIpc) is 2.32. The zero-order valence-electron chi connectivity index (χ0n) is 11.9. The molecule has 0 saturated carbocycles. The molecule has 4 nitrogen and oxygen atoms in total. The lowest BCUT2D eigenvalue weighted by atomic mass is 9.72. The van der Waals surface area contributed by atoms with Crippen LogP contribution in [0.3, 0.4) is 0 Å². The van der Waals surface area contributed by atoms with Gasteiger partial charge in [0.2, 0.25) is 5.79 Å². The number of ether oxygens (including phenoxy) is 4. The Kier molecular flexibility index (Phi) is 2.63. The van der Waals surface area contributed by atoms with Crippen LogP contribution in [-0.2, 0) is 18.9 Å². The SMILES string of the molecule is CO[C@]12CC[C@](C)(OC1(C)C)[C@]1(CCCCO1)O2. The number of rotatable bonds is 1. The number of hydrogen-bond acceptors (Lipinski definition) is 4. The minimum atomic E-state index is -0.678. The molecule has 1 spiro atoms. The first-order valence-electron chi connectivity index (χ1n) is 6.98. The van der Waals surface area contributed by atoms with Gasteiger partial charge in [0.1, 0.15) is 11.2 Å². The van der Waals surface area contributed by atoms with E-state index in [0.717, 1.165) is 38.7 Å². The van der Waals surface area contributed by atoms with Crippen molar-refractivity contribution in [1.29, 1.82) is 0 Å². The molecule has 4 fully saturated rings. The van der Waals surface area contributed by atoms with E-state index < -0.39 is 17.2 Å². The van der Waals surface area contributed by atoms with Gasteiger partial charge in [-0.25, -0.2) is 0 Å². The van der Waals surface area contributed by atoms with Crippen LogP contribution in [0.1, 0.15) is 52.9 Å². The highest BCUT2D eigenvalue weighted by Gasteiger charge is 2.71. The summed E-state index contributed by atoms with van der Waals surface area (Å²) in [5.41, 5.74) is -0.808. The first-order chi connectivity index (χ1) is 8.39. The number of fused-ring (bicyclic) bond motifs is 2. The molecule has 0 aliphatic carbocycles. The van der Waals surface area contributed by atoms with E-state index >= 15 is 0 Å². The number of hydrogen-bond donors (Lipinski definition) is 0. The highest BCUT2D eigenvalue weighted by Crippen LogP contribution is 2.59. The van der Waals surface area contributed by atoms with Crippen LogP contribution >= 0.6 is 0 Å². The molecule has 4 aliphatic heterocycles. The molecule has 4 saturated heterocycles. The van der Waals surface area contributed by atoms with Crippen molar-refractivity contribution in [3.63, 3.8) is 0 Å². The molecule has 4 heterocycles. The van der Waals surface area contributed by atoms with Crippen LogP contribution < -0.4 is 0 Å². The second-order valence-electron chi connectivity index (χ2n) is 6.46. The summed E-state index contributed by atoms with van der Waals surface area (Å²) in [6.45, 7) is 6.96. The maximum Gasteiger partial charge on any atom is 0.200 e. The van der Waals surface area contributed by atoms with Crippen molar-refractivity contribution in [1.82, 2.24) is 0 Å². The first-order valence-corrected chi connectivity index (χ1v) is 6.98. The highest BCUT2D eigenvalue weighted by molar-refractivity contribution is 5.11. The molecular formula is C14H24O4. The van der Waals surface area contributed by atoms with Crippen molar-refractivity contribution in [2.45, 2.75) is 75.7 Å². The van der Waals surface area contributed by atoms with Gasteiger partial charge in [-0.15, -0.1) is 0 Å². The molecule has 4 aliphatic rings. The van der Waals surface area contributed by atoms with Crippen molar-refractivity contribution in [2.75, 3.05) is 13.7 Å². The first kappa shape index (κ1) is 12.9. The third-order valence-electron chi connectivity index (χ3n) is 5.03. The van der Waals surface area contributed by atoms with Gasteiger partial charge in [0, 0.05) is 20.0 Å². The van der Waals surface area contributed by atoms with Gasteiger partial charge in [0.25, 0.3) is 0 Å². The Balaban J connectivity index is 2.01. The summed E-state index contributed by atoms with van der Waals surface area (Å²) in [6.07, 6.45) is 4.90. The second-order valence-corrected chi connectivity index (χ2v) is 6.46. The molecular weight excluding hydrogens is 232 g/mol. The Bertz CT molecular complexity index is 348. The van der Waals surface area contributed by atoms with E-state index in [1.165, 1.54) is 0 Å². The van der Waals surface area contributed by atoms with Gasteiger partial charge in [-0.2, -0.15) is 0 Å². The largest absolute Gasteiger partial charge is 0.358 e. The van der Waals surface area contributed by atoms with E-state index in [9.17, 15) is 0 Å². The van der Waals surface area contributed by atoms with Crippen LogP contribution in [0.4, 0.5) is 0 Å². The highest BCUT2D eigenvalue weighted by atomic mass is 16.8. The van der Waals surface area contributed by atoms with Crippen molar-refractivity contribution in [3.8, 4) is 0 Å². The zero-order valence-corrected chi connectivity index (χ0v) is 11.9. The molecule has 0 unspecified atom stereocenters. The summed E-state index contributed by atoms with van der Waals surface area (Å²) >= 11 is 0. The normalized spacial score (nSPS) is 50.7. The average molecular weight is 256 g/mol. The molecule has 0 aromatic heterocycles. The smallest absolute Gasteiger partial charge is 0.200 e. The Hall–Kier alpha value is -0.160. The van der Waals surface area contributed by atoms with E-state index in [1.54, 1.807) is 7.11 Å². The maximum absolute atomic E-state index is 6.40. The quantitative estimate of drug-likeness (QED) is 0.722. The Morgan fingerprint density at radius 2 is 1.72 bits per heavy atom. The lowest BCUT2D eigenvalue weighted by molar-refractivity contribution is -0.523. The lowest BCUT2D eigenvalue weighted by Crippen LogP contribution is -2.78. The predicted molar refractivity (Wildman–Crippen MR) is 66.2 cm³/mol. The Morgan fingerprint density at radius 1 is 0.944 bits per heavy atom. The molecule has 18 heavy (non-hydrogen) atoms. The van der Waals surface area contributed by atoms with Gasteiger partial charge in [-0.3, -0.25) is 0 Å². The molecule has 0 aromatic rings. The summed E-state index contributed by atoms with van der Waals surface area (Å²) in [6, 6.07) is 0. The molecule has 0 radical (unpaired) electrons. The van der Waals surface area contributed by atoms with Gasteiger partial charge in [-0.05, 0) is 40.0 Å². The molecule has 0 N–H and O–H groups in total. The minimum Gasteiger partial charge on any atom is -0.358 e. The van der Waals surface area contributed by atoms with Gasteiger partial charge in [0.15, 0.2) is 5.79 Å². The van der Waals surface area contributed by atoms with Crippen LogP contribution in [-0.4, -0.2) is 36.5 Å². The van der Waals surface area contributed by atoms with Crippen LogP contribution in [0.25, 0.3) is 0 Å². The maximum atomic E-state index is 6.40. The van der Waals surface area contributed by atoms with Crippen molar-refractivity contribution in [3.05, 3.63) is 0 Å². The van der Waals surface area contributed by atoms with Crippen molar-refractivity contribution >= 4 is 0 Å². The van der Waals surface area contributed by atoms with Crippen LogP contribution in [0.15, 0.2) is 0 Å². The third kappa shape index (κ3) is 1.40. The molecule has 4 rings (SSSR count). The van der Waals surface area contributed by atoms with Crippen LogP contribution in [0, 0.1) is 0 Å². The zero-order chi connectivity index (χ0) is 13.1. The Morgan fingerprint density at radius 3 is 2.28 bits per heavy atom. The molecule has 2 bridgehead atoms. The number of methoxy groups -OCH3 is 1. The monoisotopic (exact) mass is 256 g/mol. The van der Waals surface area contributed by atoms with E-state index in [2.05, 4.69) is 6.92 Å². The fraction of sp³-hybridized carbons (Fsp3) is 1.00. The fourth-order valence-electron chi connectivity index (χ4n) is 3.87. The molecule has 0 aromatic carbocycles. The fourth-order valence-corrected chi connectivity index (χ4v) is 3.87. The van der Waals surface area contributed by atoms with Crippen molar-refractivity contribution < 1.29 is 18.9 Å². The molecule has 0 amide bonds. The summed E-state index contributed by atoms with van der Waals surface area (Å²) in [4.78, 5) is 0. The third-order valence-corrected chi connectivity index (χ3v) is 5.03. The predicted octanol–water partition coefficient (Wildman–Crippen LogP) is 2.60. The summed E-state index contributed by atoms with van der Waals surface area (Å²) < 4.78 is 24.5. The van der Waals surface area contributed by atoms with Gasteiger partial charge in [0.05, 0.1) is 6.61 Å². The van der Waals surface area contributed by atoms with Gasteiger partial charge < -0.3 is 18.9 Å². The van der Waals surface area contributed by atoms with Gasteiger partial charge in [-0.1, -0.05) is 0 Å². The standard InChI is InChI=1S/C14H24O4/c1-11(2)13(15-4)9-8-12(3,17-11)14(18-13)7-5-6-10-16-14/h5-10H2,1-4H3/t12-,13-,14-/m0/s1. The summed E-state index contributed by atoms with van der Waals surface area (Å²) in [5.74, 6) is -1.29. The molecule has 4 heteroatoms. The van der Waals surface area contributed by atoms with Crippen LogP contribution in [0.2, 0.25) is 0 Å². The molecule has 3 atom stereocenters. The Labute approximate surface area is 109 Å². The van der Waals surface area contributed by atoms with E-state index in [1.807, 2.05) is 13.8 Å². The van der Waals surface area contributed by atoms with E-state index in [-0.39, 0.29) is 5.60 Å². The topological polar surface area (TPSA) is 36.9 Å². The van der Waals surface area contributed by atoms with E-state index in [4.69, 9.17) is 18.9 Å². The lowest BCUT2D eigenvalue weighted by Gasteiger charge is -2.67. The molecule has 104 valence electrons. The van der Waals surface area contributed by atoms with E-state index in [0.29, 0.717) is 0 Å². The summed E-state index contributed by atoms with van der Waals surface area (Å²) in [5, 5.41) is 0. The van der Waals surface area contributed by atoms with Crippen molar-refractivity contribution in [2.24, 2.45) is 0 Å².